The molecule has 0 N–H and O–H groups in total. The van der Waals surface area contributed by atoms with Crippen molar-refractivity contribution in [1.82, 2.24) is 0 Å². The molecule has 3 unspecified atom stereocenters. The van der Waals surface area contributed by atoms with E-state index in [1.54, 1.807) is 0 Å². The predicted molar refractivity (Wildman–Crippen MR) is 101 cm³/mol. The fourth-order valence-corrected chi connectivity index (χ4v) is 10.1. The minimum absolute atomic E-state index is 0.608. The summed E-state index contributed by atoms with van der Waals surface area (Å²) >= 11 is 0. The van der Waals surface area contributed by atoms with Crippen LogP contribution in [0.15, 0.2) is 0 Å². The molecule has 0 aromatic carbocycles. The minimum Gasteiger partial charge on any atom is -0.394 e. The molecule has 2 aliphatic carbocycles. The van der Waals surface area contributed by atoms with Gasteiger partial charge in [-0.3, -0.25) is 0 Å². The first-order valence-electron chi connectivity index (χ1n) is 10.4. The van der Waals surface area contributed by atoms with E-state index in [1.165, 1.54) is 57.8 Å². The third kappa shape index (κ3) is 5.30. The topological polar surface area (TPSA) is 18.5 Å². The molecule has 2 aliphatic rings. The molecule has 0 saturated heterocycles. The molecule has 0 heterocycles. The lowest BCUT2D eigenvalue weighted by molar-refractivity contribution is 0.117. The lowest BCUT2D eigenvalue weighted by Crippen LogP contribution is -2.53. The summed E-state index contributed by atoms with van der Waals surface area (Å²) < 4.78 is 13.6. The lowest BCUT2D eigenvalue weighted by atomic mass is 9.90. The molecular weight excluding hydrogens is 300 g/mol. The van der Waals surface area contributed by atoms with Crippen molar-refractivity contribution in [3.8, 4) is 0 Å². The Morgan fingerprint density at radius 3 is 2.22 bits per heavy atom. The Labute approximate surface area is 146 Å². The van der Waals surface area contributed by atoms with Crippen molar-refractivity contribution >= 4 is 8.56 Å². The van der Waals surface area contributed by atoms with Crippen molar-refractivity contribution in [3.63, 3.8) is 0 Å². The highest BCUT2D eigenvalue weighted by Crippen LogP contribution is 2.50. The summed E-state index contributed by atoms with van der Waals surface area (Å²) in [5.41, 5.74) is 1.48. The van der Waals surface area contributed by atoms with Crippen LogP contribution in [-0.2, 0) is 8.85 Å². The van der Waals surface area contributed by atoms with E-state index < -0.39 is 8.56 Å². The van der Waals surface area contributed by atoms with E-state index in [0.717, 1.165) is 36.6 Å². The summed E-state index contributed by atoms with van der Waals surface area (Å²) in [4.78, 5) is 0. The standard InChI is InChI=1S/C20H40O2Si/c1-5-14-21-23(22-16-17(2)3,19-11-7-6-8-12-19)20-13-9-10-18(4)15-20/h17-20H,5-16H2,1-4H3. The molecule has 2 saturated carbocycles. The van der Waals surface area contributed by atoms with Gasteiger partial charge < -0.3 is 8.85 Å². The maximum absolute atomic E-state index is 6.84. The largest absolute Gasteiger partial charge is 0.394 e. The van der Waals surface area contributed by atoms with Crippen LogP contribution in [0, 0.1) is 11.8 Å². The Balaban J connectivity index is 2.22. The summed E-state index contributed by atoms with van der Waals surface area (Å²) in [5.74, 6) is 1.47. The van der Waals surface area contributed by atoms with Crippen molar-refractivity contribution in [2.45, 2.75) is 103 Å². The van der Waals surface area contributed by atoms with E-state index in [0.29, 0.717) is 5.92 Å². The lowest BCUT2D eigenvalue weighted by Gasteiger charge is -2.46. The van der Waals surface area contributed by atoms with Gasteiger partial charge in [-0.25, -0.2) is 0 Å². The molecule has 3 heteroatoms. The van der Waals surface area contributed by atoms with Gasteiger partial charge in [0.05, 0.1) is 0 Å². The van der Waals surface area contributed by atoms with E-state index in [-0.39, 0.29) is 0 Å². The summed E-state index contributed by atoms with van der Waals surface area (Å²) in [6, 6.07) is 0. The molecule has 3 atom stereocenters. The first kappa shape index (κ1) is 19.5. The molecule has 23 heavy (non-hydrogen) atoms. The highest BCUT2D eigenvalue weighted by molar-refractivity contribution is 6.70. The molecule has 2 rings (SSSR count). The number of hydrogen-bond donors (Lipinski definition) is 0. The Morgan fingerprint density at radius 2 is 1.61 bits per heavy atom. The fraction of sp³-hybridized carbons (Fsp3) is 1.00. The molecule has 0 radical (unpaired) electrons. The van der Waals surface area contributed by atoms with Crippen molar-refractivity contribution in [2.75, 3.05) is 13.2 Å². The molecular formula is C20H40O2Si. The predicted octanol–water partition coefficient (Wildman–Crippen LogP) is 6.44. The van der Waals surface area contributed by atoms with Crippen LogP contribution in [0.25, 0.3) is 0 Å². The van der Waals surface area contributed by atoms with Crippen LogP contribution in [0.3, 0.4) is 0 Å². The molecule has 0 spiro atoms. The Morgan fingerprint density at radius 1 is 0.913 bits per heavy atom. The minimum atomic E-state index is -2.12. The van der Waals surface area contributed by atoms with Crippen molar-refractivity contribution in [2.24, 2.45) is 11.8 Å². The SMILES string of the molecule is CCCO[Si](OCC(C)C)(C1CCCCC1)C1CCCC(C)C1. The van der Waals surface area contributed by atoms with Gasteiger partial charge >= 0.3 is 8.56 Å². The smallest absolute Gasteiger partial charge is 0.344 e. The quantitative estimate of drug-likeness (QED) is 0.473. The van der Waals surface area contributed by atoms with Crippen LogP contribution in [0.1, 0.15) is 91.9 Å². The Kier molecular flexibility index (Phi) is 8.10. The maximum Gasteiger partial charge on any atom is 0.344 e. The molecule has 0 aliphatic heterocycles. The van der Waals surface area contributed by atoms with Crippen molar-refractivity contribution < 1.29 is 8.85 Å². The second kappa shape index (κ2) is 9.58. The van der Waals surface area contributed by atoms with Crippen LogP contribution in [0.5, 0.6) is 0 Å². The van der Waals surface area contributed by atoms with E-state index in [9.17, 15) is 0 Å². The first-order valence-corrected chi connectivity index (χ1v) is 12.3. The average molecular weight is 341 g/mol. The summed E-state index contributed by atoms with van der Waals surface area (Å²) in [6.45, 7) is 11.1. The van der Waals surface area contributed by atoms with E-state index >= 15 is 0 Å². The van der Waals surface area contributed by atoms with Crippen LogP contribution < -0.4 is 0 Å². The van der Waals surface area contributed by atoms with Crippen LogP contribution in [0.2, 0.25) is 11.1 Å². The van der Waals surface area contributed by atoms with Gasteiger partial charge in [-0.05, 0) is 43.9 Å². The third-order valence-electron chi connectivity index (χ3n) is 5.85. The van der Waals surface area contributed by atoms with Gasteiger partial charge in [-0.1, -0.05) is 59.8 Å². The van der Waals surface area contributed by atoms with Gasteiger partial charge in [0.1, 0.15) is 0 Å². The van der Waals surface area contributed by atoms with E-state index in [1.807, 2.05) is 0 Å². The highest BCUT2D eigenvalue weighted by atomic mass is 28.4. The molecule has 0 bridgehead atoms. The third-order valence-corrected chi connectivity index (χ3v) is 10.5. The second-order valence-corrected chi connectivity index (χ2v) is 12.2. The number of rotatable bonds is 8. The van der Waals surface area contributed by atoms with Crippen molar-refractivity contribution in [1.29, 1.82) is 0 Å². The van der Waals surface area contributed by atoms with Crippen LogP contribution >= 0.6 is 0 Å². The monoisotopic (exact) mass is 340 g/mol. The number of hydrogen-bond acceptors (Lipinski definition) is 2. The average Bonchev–Trinajstić information content (AvgIpc) is 2.56. The summed E-state index contributed by atoms with van der Waals surface area (Å²) in [6.07, 6.45) is 13.5. The van der Waals surface area contributed by atoms with E-state index in [2.05, 4.69) is 27.7 Å². The zero-order chi connectivity index (χ0) is 16.7. The molecule has 2 fully saturated rings. The molecule has 0 aromatic rings. The van der Waals surface area contributed by atoms with Gasteiger partial charge in [0.15, 0.2) is 0 Å². The van der Waals surface area contributed by atoms with Gasteiger partial charge in [0.2, 0.25) is 0 Å². The summed E-state index contributed by atoms with van der Waals surface area (Å²) in [5, 5.41) is 0. The molecule has 2 nitrogen and oxygen atoms in total. The molecule has 0 amide bonds. The van der Waals surface area contributed by atoms with Crippen LogP contribution in [-0.4, -0.2) is 21.8 Å². The maximum atomic E-state index is 6.84. The normalized spacial score (nSPS) is 29.6. The first-order chi connectivity index (χ1) is 11.1. The van der Waals surface area contributed by atoms with Crippen molar-refractivity contribution in [3.05, 3.63) is 0 Å². The van der Waals surface area contributed by atoms with Gasteiger partial charge in [0.25, 0.3) is 0 Å². The Bertz CT molecular complexity index is 328. The van der Waals surface area contributed by atoms with E-state index in [4.69, 9.17) is 8.85 Å². The van der Waals surface area contributed by atoms with Gasteiger partial charge in [0, 0.05) is 24.3 Å². The fourth-order valence-electron chi connectivity index (χ4n) is 4.71. The highest BCUT2D eigenvalue weighted by Gasteiger charge is 2.53. The molecule has 0 aromatic heterocycles. The zero-order valence-corrected chi connectivity index (χ0v) is 17.1. The van der Waals surface area contributed by atoms with Crippen LogP contribution in [0.4, 0.5) is 0 Å². The Hall–Kier alpha value is 0.137. The van der Waals surface area contributed by atoms with Gasteiger partial charge in [-0.15, -0.1) is 0 Å². The summed E-state index contributed by atoms with van der Waals surface area (Å²) in [7, 11) is -2.12. The van der Waals surface area contributed by atoms with Gasteiger partial charge in [-0.2, -0.15) is 0 Å². The second-order valence-electron chi connectivity index (χ2n) is 8.58. The molecule has 136 valence electrons. The zero-order valence-electron chi connectivity index (χ0n) is 16.1.